The van der Waals surface area contributed by atoms with Crippen LogP contribution in [0.1, 0.15) is 18.4 Å². The number of rotatable bonds is 5. The lowest BCUT2D eigenvalue weighted by atomic mass is 10.1. The minimum atomic E-state index is 0.669. The first-order valence-electron chi connectivity index (χ1n) is 11.7. The van der Waals surface area contributed by atoms with Crippen LogP contribution in [0, 0.1) is 0 Å². The van der Waals surface area contributed by atoms with Crippen molar-refractivity contribution in [2.75, 3.05) is 13.1 Å². The van der Waals surface area contributed by atoms with E-state index in [4.69, 9.17) is 4.98 Å². The summed E-state index contributed by atoms with van der Waals surface area (Å²) in [7, 11) is 0. The predicted octanol–water partition coefficient (Wildman–Crippen LogP) is 5.28. The highest BCUT2D eigenvalue weighted by molar-refractivity contribution is 7.13. The number of nitrogens with zero attached hydrogens (tertiary/aromatic N) is 6. The Bertz CT molecular complexity index is 1640. The van der Waals surface area contributed by atoms with Gasteiger partial charge in [-0.3, -0.25) is 15.0 Å². The zero-order valence-corrected chi connectivity index (χ0v) is 19.7. The molecule has 0 unspecified atom stereocenters. The zero-order valence-electron chi connectivity index (χ0n) is 18.9. The highest BCUT2D eigenvalue weighted by Crippen LogP contribution is 2.33. The average Bonchev–Trinajstić information content (AvgIpc) is 3.70. The molecule has 7 heterocycles. The molecule has 1 aliphatic rings. The smallest absolute Gasteiger partial charge is 0.161 e. The van der Waals surface area contributed by atoms with Crippen LogP contribution in [0.5, 0.6) is 0 Å². The number of likely N-dealkylation sites (tertiary alicyclic amines) is 1. The standard InChI is InChI=1S/C26H22N8S/c1-2-8-34(7-1)15-16-10-17(13-27-12-16)18-11-20-23(32-33-24(20)29-14-18)26-30-22-19(21-4-3-9-35-21)5-6-28-25(22)31-26/h3-6,9-14H,1-2,7-8,15H2,(H,28,30,31)(H,29,32,33). The van der Waals surface area contributed by atoms with Gasteiger partial charge in [0.2, 0.25) is 0 Å². The van der Waals surface area contributed by atoms with Crippen molar-refractivity contribution in [3.8, 4) is 33.1 Å². The maximum atomic E-state index is 4.90. The number of pyridine rings is 3. The van der Waals surface area contributed by atoms with Crippen molar-refractivity contribution in [2.24, 2.45) is 0 Å². The minimum absolute atomic E-state index is 0.669. The molecule has 0 saturated carbocycles. The van der Waals surface area contributed by atoms with Gasteiger partial charge in [0.25, 0.3) is 0 Å². The van der Waals surface area contributed by atoms with Crippen molar-refractivity contribution < 1.29 is 0 Å². The molecule has 0 atom stereocenters. The number of hydrogen-bond donors (Lipinski definition) is 2. The third-order valence-corrected chi connectivity index (χ3v) is 7.45. The molecule has 2 N–H and O–H groups in total. The molecule has 0 bridgehead atoms. The first-order valence-corrected chi connectivity index (χ1v) is 12.6. The lowest BCUT2D eigenvalue weighted by Crippen LogP contribution is -2.18. The van der Waals surface area contributed by atoms with Crippen molar-refractivity contribution in [1.29, 1.82) is 0 Å². The van der Waals surface area contributed by atoms with Gasteiger partial charge in [-0.25, -0.2) is 15.0 Å². The van der Waals surface area contributed by atoms with E-state index in [9.17, 15) is 0 Å². The van der Waals surface area contributed by atoms with Crippen molar-refractivity contribution in [3.63, 3.8) is 0 Å². The van der Waals surface area contributed by atoms with E-state index in [0.717, 1.165) is 69.1 Å². The lowest BCUT2D eigenvalue weighted by Gasteiger charge is -2.14. The lowest BCUT2D eigenvalue weighted by molar-refractivity contribution is 0.331. The normalized spacial score (nSPS) is 14.4. The van der Waals surface area contributed by atoms with Crippen LogP contribution in [0.25, 0.3) is 55.3 Å². The third kappa shape index (κ3) is 3.69. The number of hydrogen-bond acceptors (Lipinski definition) is 7. The van der Waals surface area contributed by atoms with Crippen LogP contribution in [-0.4, -0.2) is 53.1 Å². The van der Waals surface area contributed by atoms with E-state index in [1.54, 1.807) is 11.3 Å². The van der Waals surface area contributed by atoms with Gasteiger partial charge >= 0.3 is 0 Å². The van der Waals surface area contributed by atoms with Crippen LogP contribution in [0.2, 0.25) is 0 Å². The van der Waals surface area contributed by atoms with Gasteiger partial charge in [0.1, 0.15) is 11.2 Å². The van der Waals surface area contributed by atoms with Crippen LogP contribution in [-0.2, 0) is 6.54 Å². The number of aromatic amines is 2. The molecule has 9 heteroatoms. The summed E-state index contributed by atoms with van der Waals surface area (Å²) in [5, 5.41) is 10.6. The molecule has 6 aromatic rings. The van der Waals surface area contributed by atoms with Gasteiger partial charge in [0, 0.05) is 52.9 Å². The Hall–Kier alpha value is -3.95. The Balaban J connectivity index is 1.28. The first kappa shape index (κ1) is 20.4. The largest absolute Gasteiger partial charge is 0.321 e. The van der Waals surface area contributed by atoms with Crippen molar-refractivity contribution in [2.45, 2.75) is 19.4 Å². The molecule has 1 aliphatic heterocycles. The van der Waals surface area contributed by atoms with Crippen molar-refractivity contribution in [1.82, 2.24) is 40.0 Å². The summed E-state index contributed by atoms with van der Waals surface area (Å²) in [6, 6.07) is 10.5. The van der Waals surface area contributed by atoms with Gasteiger partial charge in [-0.15, -0.1) is 11.3 Å². The van der Waals surface area contributed by atoms with Crippen LogP contribution < -0.4 is 0 Å². The third-order valence-electron chi connectivity index (χ3n) is 6.55. The first-order chi connectivity index (χ1) is 17.3. The number of nitrogens with one attached hydrogen (secondary N) is 2. The van der Waals surface area contributed by atoms with Gasteiger partial charge in [0.15, 0.2) is 17.1 Å². The number of thiophene rings is 1. The second-order valence-corrected chi connectivity index (χ2v) is 9.82. The van der Waals surface area contributed by atoms with E-state index in [1.165, 1.54) is 18.4 Å². The molecule has 0 aliphatic carbocycles. The molecule has 35 heavy (non-hydrogen) atoms. The number of H-pyrrole nitrogens is 2. The Morgan fingerprint density at radius 2 is 1.89 bits per heavy atom. The molecule has 7 rings (SSSR count). The van der Waals surface area contributed by atoms with Crippen molar-refractivity contribution in [3.05, 3.63) is 66.1 Å². The summed E-state index contributed by atoms with van der Waals surface area (Å²) < 4.78 is 0. The second-order valence-electron chi connectivity index (χ2n) is 8.88. The fourth-order valence-corrected chi connectivity index (χ4v) is 5.58. The van der Waals surface area contributed by atoms with Gasteiger partial charge in [-0.1, -0.05) is 6.07 Å². The Kier molecular flexibility index (Phi) is 4.88. The monoisotopic (exact) mass is 478 g/mol. The summed E-state index contributed by atoms with van der Waals surface area (Å²) in [5.41, 5.74) is 7.36. The molecule has 8 nitrogen and oxygen atoms in total. The molecule has 0 amide bonds. The van der Waals surface area contributed by atoms with E-state index < -0.39 is 0 Å². The van der Waals surface area contributed by atoms with Crippen LogP contribution in [0.3, 0.4) is 0 Å². The molecule has 0 spiro atoms. The van der Waals surface area contributed by atoms with Gasteiger partial charge in [0.05, 0.1) is 5.39 Å². The number of fused-ring (bicyclic) bond motifs is 2. The zero-order chi connectivity index (χ0) is 23.2. The fourth-order valence-electron chi connectivity index (χ4n) is 4.83. The summed E-state index contributed by atoms with van der Waals surface area (Å²) in [5.74, 6) is 0.669. The van der Waals surface area contributed by atoms with Crippen LogP contribution in [0.15, 0.2) is 60.5 Å². The molecule has 6 aromatic heterocycles. The van der Waals surface area contributed by atoms with Crippen LogP contribution in [0.4, 0.5) is 0 Å². The maximum Gasteiger partial charge on any atom is 0.161 e. The van der Waals surface area contributed by atoms with Gasteiger partial charge in [-0.05, 0) is 61.1 Å². The summed E-state index contributed by atoms with van der Waals surface area (Å²) in [6.07, 6.45) is 10.1. The average molecular weight is 479 g/mol. The molecule has 0 aromatic carbocycles. The van der Waals surface area contributed by atoms with E-state index in [2.05, 4.69) is 58.6 Å². The number of aromatic nitrogens is 7. The Labute approximate surface area is 205 Å². The highest BCUT2D eigenvalue weighted by atomic mass is 32.1. The minimum Gasteiger partial charge on any atom is -0.321 e. The summed E-state index contributed by atoms with van der Waals surface area (Å²) in [4.78, 5) is 25.5. The van der Waals surface area contributed by atoms with Crippen molar-refractivity contribution >= 4 is 33.5 Å². The Morgan fingerprint density at radius 1 is 0.971 bits per heavy atom. The Morgan fingerprint density at radius 3 is 2.77 bits per heavy atom. The summed E-state index contributed by atoms with van der Waals surface area (Å²) >= 11 is 1.69. The quantitative estimate of drug-likeness (QED) is 0.350. The van der Waals surface area contributed by atoms with Crippen LogP contribution >= 0.6 is 11.3 Å². The topological polar surface area (TPSA) is 99.3 Å². The molecule has 0 radical (unpaired) electrons. The van der Waals surface area contributed by atoms with Gasteiger partial charge in [-0.2, -0.15) is 5.10 Å². The highest BCUT2D eigenvalue weighted by Gasteiger charge is 2.18. The predicted molar refractivity (Wildman–Crippen MR) is 138 cm³/mol. The molecule has 172 valence electrons. The fraction of sp³-hybridized carbons (Fsp3) is 0.192. The van der Waals surface area contributed by atoms with Gasteiger partial charge < -0.3 is 4.98 Å². The number of imidazole rings is 1. The SMILES string of the molecule is c1csc(-c2ccnc3[nH]c(-c4n[nH]c5ncc(-c6cncc(CN7CCCC7)c6)cc45)nc23)c1. The molecule has 1 saturated heterocycles. The maximum absolute atomic E-state index is 4.90. The second kappa shape index (κ2) is 8.37. The molecular weight excluding hydrogens is 456 g/mol. The molecule has 1 fully saturated rings. The van der Waals surface area contributed by atoms with E-state index >= 15 is 0 Å². The van der Waals surface area contributed by atoms with E-state index in [1.807, 2.05) is 36.9 Å². The summed E-state index contributed by atoms with van der Waals surface area (Å²) in [6.45, 7) is 3.26. The molecular formula is C26H22N8S. The van der Waals surface area contributed by atoms with E-state index in [-0.39, 0.29) is 0 Å². The van der Waals surface area contributed by atoms with E-state index in [0.29, 0.717) is 5.82 Å².